The summed E-state index contributed by atoms with van der Waals surface area (Å²) in [4.78, 5) is 35.5. The number of pyridine rings is 1. The molecule has 4 aromatic rings. The highest BCUT2D eigenvalue weighted by molar-refractivity contribution is 7.88. The fraction of sp³-hybridized carbons (Fsp3) is 0.346. The minimum absolute atomic E-state index is 0. The molecule has 1 fully saturated rings. The first-order valence-electron chi connectivity index (χ1n) is 12.3. The number of hydrogen-bond acceptors (Lipinski definition) is 8. The number of urea groups is 1. The molecular formula is C26H33N9O3S. The van der Waals surface area contributed by atoms with E-state index in [0.29, 0.717) is 56.6 Å². The Morgan fingerprint density at radius 3 is 2.44 bits per heavy atom. The van der Waals surface area contributed by atoms with Crippen LogP contribution in [0.25, 0.3) is 33.5 Å². The Bertz CT molecular complexity index is 1530. The zero-order valence-corrected chi connectivity index (χ0v) is 22.0. The van der Waals surface area contributed by atoms with Crippen molar-refractivity contribution in [2.75, 3.05) is 44.3 Å². The Morgan fingerprint density at radius 1 is 1.05 bits per heavy atom. The molecule has 13 heteroatoms. The molecule has 3 N–H and O–H groups in total. The predicted molar refractivity (Wildman–Crippen MR) is 151 cm³/mol. The molecule has 0 spiro atoms. The second-order valence-electron chi connectivity index (χ2n) is 9.04. The third-order valence-corrected chi connectivity index (χ3v) is 7.61. The number of anilines is 1. The first kappa shape index (κ1) is 28.1. The fourth-order valence-electron chi connectivity index (χ4n) is 4.40. The van der Waals surface area contributed by atoms with E-state index in [1.165, 1.54) is 10.6 Å². The molecule has 0 saturated carbocycles. The third-order valence-electron chi connectivity index (χ3n) is 6.31. The summed E-state index contributed by atoms with van der Waals surface area (Å²) in [5.74, 6) is 0.845. The van der Waals surface area contributed by atoms with Gasteiger partial charge in [0.15, 0.2) is 5.82 Å². The number of hydrogen-bond donors (Lipinski definition) is 3. The molecule has 2 amide bonds. The Balaban J connectivity index is 0.00000353. The van der Waals surface area contributed by atoms with Crippen LogP contribution < -0.4 is 10.6 Å². The molecule has 1 aliphatic heterocycles. The molecule has 0 radical (unpaired) electrons. The molecule has 5 rings (SSSR count). The van der Waals surface area contributed by atoms with Gasteiger partial charge in [-0.15, -0.1) is 0 Å². The first-order valence-corrected chi connectivity index (χ1v) is 14.1. The van der Waals surface area contributed by atoms with Gasteiger partial charge in [0, 0.05) is 69.0 Å². The van der Waals surface area contributed by atoms with Gasteiger partial charge in [-0.2, -0.15) is 4.31 Å². The van der Waals surface area contributed by atoms with E-state index in [4.69, 9.17) is 0 Å². The van der Waals surface area contributed by atoms with E-state index >= 15 is 0 Å². The van der Waals surface area contributed by atoms with Crippen LogP contribution in [0.15, 0.2) is 48.9 Å². The number of imidazole rings is 1. The fourth-order valence-corrected chi connectivity index (χ4v) is 5.23. The standard InChI is InChI=1S/C25H29N9O3S.CH4/c1-3-26-25(35)32-24-30-21-14-18(13-20(22(21)31-24)23-27-7-4-8-28-23)17-5-6-19(29-15-17)16-33-9-11-34(12-10-33)38(2,36)37;/h4-8,13-15H,3,9-12,16H2,1-2H3,(H3,26,30,31,32,35);1H4. The lowest BCUT2D eigenvalue weighted by Gasteiger charge is -2.32. The summed E-state index contributed by atoms with van der Waals surface area (Å²) >= 11 is 0. The van der Waals surface area contributed by atoms with E-state index in [0.717, 1.165) is 27.9 Å². The Kier molecular flexibility index (Phi) is 8.53. The summed E-state index contributed by atoms with van der Waals surface area (Å²) in [6.45, 7) is 5.30. The summed E-state index contributed by atoms with van der Waals surface area (Å²) in [6, 6.07) is 9.32. The number of H-pyrrole nitrogens is 1. The van der Waals surface area contributed by atoms with Crippen LogP contribution in [-0.2, 0) is 16.6 Å². The maximum atomic E-state index is 12.0. The second kappa shape index (κ2) is 11.8. The quantitative estimate of drug-likeness (QED) is 0.317. The van der Waals surface area contributed by atoms with Gasteiger partial charge in [-0.1, -0.05) is 13.5 Å². The van der Waals surface area contributed by atoms with E-state index in [9.17, 15) is 13.2 Å². The number of piperazine rings is 1. The van der Waals surface area contributed by atoms with Gasteiger partial charge < -0.3 is 10.3 Å². The number of aromatic nitrogens is 5. The maximum absolute atomic E-state index is 12.0. The van der Waals surface area contributed by atoms with Crippen LogP contribution in [0.1, 0.15) is 20.0 Å². The van der Waals surface area contributed by atoms with Crippen LogP contribution in [-0.4, -0.2) is 87.6 Å². The smallest absolute Gasteiger partial charge is 0.321 e. The van der Waals surface area contributed by atoms with Crippen LogP contribution in [0.5, 0.6) is 0 Å². The number of carbonyl (C=O) groups is 1. The molecule has 1 saturated heterocycles. The first-order chi connectivity index (χ1) is 18.3. The van der Waals surface area contributed by atoms with Gasteiger partial charge in [0.2, 0.25) is 16.0 Å². The minimum atomic E-state index is -3.15. The summed E-state index contributed by atoms with van der Waals surface area (Å²) in [5.41, 5.74) is 4.81. The zero-order valence-electron chi connectivity index (χ0n) is 21.2. The van der Waals surface area contributed by atoms with Gasteiger partial charge in [-0.3, -0.25) is 15.2 Å². The molecule has 0 unspecified atom stereocenters. The van der Waals surface area contributed by atoms with Crippen LogP contribution in [0.3, 0.4) is 0 Å². The zero-order chi connectivity index (χ0) is 26.7. The highest BCUT2D eigenvalue weighted by Gasteiger charge is 2.23. The lowest BCUT2D eigenvalue weighted by Crippen LogP contribution is -2.47. The van der Waals surface area contributed by atoms with Crippen LogP contribution in [0.4, 0.5) is 10.7 Å². The lowest BCUT2D eigenvalue weighted by atomic mass is 10.0. The van der Waals surface area contributed by atoms with Crippen molar-refractivity contribution in [3.63, 3.8) is 0 Å². The number of fused-ring (bicyclic) bond motifs is 1. The molecule has 4 heterocycles. The van der Waals surface area contributed by atoms with Gasteiger partial charge >= 0.3 is 6.03 Å². The molecule has 1 aliphatic rings. The van der Waals surface area contributed by atoms with Gasteiger partial charge in [-0.25, -0.2) is 28.2 Å². The van der Waals surface area contributed by atoms with Gasteiger partial charge in [0.05, 0.1) is 17.5 Å². The molecule has 39 heavy (non-hydrogen) atoms. The van der Waals surface area contributed by atoms with Crippen molar-refractivity contribution in [3.05, 3.63) is 54.6 Å². The SMILES string of the molecule is C.CCNC(=O)Nc1nc2c(-c3ncccn3)cc(-c3ccc(CN4CCN(S(C)(=O)=O)CC4)nc3)cc2[nH]1. The van der Waals surface area contributed by atoms with Gasteiger partial charge in [0.25, 0.3) is 0 Å². The van der Waals surface area contributed by atoms with Crippen molar-refractivity contribution in [2.24, 2.45) is 0 Å². The highest BCUT2D eigenvalue weighted by atomic mass is 32.2. The monoisotopic (exact) mass is 551 g/mol. The number of aromatic amines is 1. The maximum Gasteiger partial charge on any atom is 0.321 e. The number of benzene rings is 1. The lowest BCUT2D eigenvalue weighted by molar-refractivity contribution is 0.180. The van der Waals surface area contributed by atoms with Gasteiger partial charge in [-0.05, 0) is 36.8 Å². The average molecular weight is 552 g/mol. The average Bonchev–Trinajstić information content (AvgIpc) is 3.31. The second-order valence-corrected chi connectivity index (χ2v) is 11.0. The van der Waals surface area contributed by atoms with Crippen molar-refractivity contribution in [2.45, 2.75) is 20.9 Å². The van der Waals surface area contributed by atoms with E-state index in [1.807, 2.05) is 37.4 Å². The summed E-state index contributed by atoms with van der Waals surface area (Å²) in [6.07, 6.45) is 6.42. The summed E-state index contributed by atoms with van der Waals surface area (Å²) < 4.78 is 25.0. The van der Waals surface area contributed by atoms with Gasteiger partial charge in [0.1, 0.15) is 5.52 Å². The summed E-state index contributed by atoms with van der Waals surface area (Å²) in [5, 5.41) is 5.41. The molecule has 12 nitrogen and oxygen atoms in total. The normalized spacial score (nSPS) is 14.6. The number of rotatable bonds is 7. The molecule has 3 aromatic heterocycles. The van der Waals surface area contributed by atoms with E-state index in [1.54, 1.807) is 18.5 Å². The third kappa shape index (κ3) is 6.56. The molecule has 0 aliphatic carbocycles. The Hall–Kier alpha value is -3.94. The minimum Gasteiger partial charge on any atom is -0.338 e. The van der Waals surface area contributed by atoms with Crippen molar-refractivity contribution >= 4 is 33.0 Å². The van der Waals surface area contributed by atoms with Crippen molar-refractivity contribution in [3.8, 4) is 22.5 Å². The van der Waals surface area contributed by atoms with Crippen molar-refractivity contribution in [1.82, 2.24) is 39.4 Å². The number of amides is 2. The van der Waals surface area contributed by atoms with Crippen molar-refractivity contribution < 1.29 is 13.2 Å². The molecule has 206 valence electrons. The summed E-state index contributed by atoms with van der Waals surface area (Å²) in [7, 11) is -3.15. The van der Waals surface area contributed by atoms with E-state index in [-0.39, 0.29) is 13.5 Å². The Morgan fingerprint density at radius 2 is 1.79 bits per heavy atom. The van der Waals surface area contributed by atoms with Crippen LogP contribution >= 0.6 is 0 Å². The van der Waals surface area contributed by atoms with E-state index in [2.05, 4.69) is 40.5 Å². The molecule has 1 aromatic carbocycles. The molecular weight excluding hydrogens is 518 g/mol. The Labute approximate surface area is 228 Å². The highest BCUT2D eigenvalue weighted by Crippen LogP contribution is 2.32. The predicted octanol–water partition coefficient (Wildman–Crippen LogP) is 2.94. The number of nitrogens with one attached hydrogen (secondary N) is 3. The number of sulfonamides is 1. The topological polar surface area (TPSA) is 149 Å². The van der Waals surface area contributed by atoms with E-state index < -0.39 is 10.0 Å². The number of nitrogens with zero attached hydrogens (tertiary/aromatic N) is 6. The largest absolute Gasteiger partial charge is 0.338 e. The van der Waals surface area contributed by atoms with Crippen molar-refractivity contribution in [1.29, 1.82) is 0 Å². The molecule has 0 atom stereocenters. The van der Waals surface area contributed by atoms with Crippen LogP contribution in [0.2, 0.25) is 0 Å². The number of carbonyl (C=O) groups excluding carboxylic acids is 1. The molecule has 0 bridgehead atoms. The van der Waals surface area contributed by atoms with Crippen LogP contribution in [0, 0.1) is 0 Å².